The van der Waals surface area contributed by atoms with Crippen molar-refractivity contribution in [2.24, 2.45) is 4.99 Å². The number of esters is 1. The lowest BCUT2D eigenvalue weighted by molar-refractivity contribution is -0.136. The first-order valence-electron chi connectivity index (χ1n) is 13.5. The summed E-state index contributed by atoms with van der Waals surface area (Å²) in [5.41, 5.74) is 2.10. The number of fused-ring (bicyclic) bond motifs is 1. The molecule has 1 aliphatic rings. The summed E-state index contributed by atoms with van der Waals surface area (Å²) in [5.74, 6) is 0.831. The van der Waals surface area contributed by atoms with Crippen LogP contribution in [0.4, 0.5) is 4.39 Å². The summed E-state index contributed by atoms with van der Waals surface area (Å²) >= 11 is 3.39. The molecule has 2 heterocycles. The number of halogens is 2. The van der Waals surface area contributed by atoms with E-state index in [4.69, 9.17) is 18.9 Å². The van der Waals surface area contributed by atoms with Crippen molar-refractivity contribution >= 4 is 46.0 Å². The second kappa shape index (κ2) is 13.6. The second-order valence-corrected chi connectivity index (χ2v) is 11.5. The second-order valence-electron chi connectivity index (χ2n) is 9.36. The van der Waals surface area contributed by atoms with Crippen molar-refractivity contribution in [2.75, 3.05) is 20.3 Å². The zero-order valence-corrected chi connectivity index (χ0v) is 26.6. The van der Waals surface area contributed by atoms with Crippen LogP contribution < -0.4 is 29.1 Å². The Kier molecular flexibility index (Phi) is 9.61. The van der Waals surface area contributed by atoms with Gasteiger partial charge in [0.05, 0.1) is 40.0 Å². The largest absolute Gasteiger partial charge is 0.490 e. The quantitative estimate of drug-likeness (QED) is 0.167. The monoisotopic (exact) mass is 714 g/mol. The minimum Gasteiger partial charge on any atom is -0.490 e. The van der Waals surface area contributed by atoms with E-state index < -0.39 is 12.0 Å². The summed E-state index contributed by atoms with van der Waals surface area (Å²) < 4.78 is 38.8. The first kappa shape index (κ1) is 30.5. The molecule has 1 aliphatic heterocycles. The standard InChI is InChI=1S/C32H28FIN2O6S/c1-4-40-26-12-10-21(16-27(26)41-5-2)29-23(31(38)39-3)17-35-32-36(29)30(37)28(43-32)15-19-9-11-25(24(34)14-19)42-18-20-7-6-8-22(33)13-20/h6-17,29H,4-5,18H2,1-3H3/b28-15-/t29-/m1/s1. The van der Waals surface area contributed by atoms with Gasteiger partial charge in [0.1, 0.15) is 18.2 Å². The Morgan fingerprint density at radius 2 is 1.79 bits per heavy atom. The lowest BCUT2D eigenvalue weighted by atomic mass is 9.97. The molecular weight excluding hydrogens is 686 g/mol. The minimum absolute atomic E-state index is 0.224. The zero-order valence-electron chi connectivity index (χ0n) is 23.6. The van der Waals surface area contributed by atoms with E-state index in [1.165, 1.54) is 41.3 Å². The lowest BCUT2D eigenvalue weighted by Gasteiger charge is -2.23. The third-order valence-corrected chi connectivity index (χ3v) is 8.39. The van der Waals surface area contributed by atoms with Crippen molar-refractivity contribution in [1.82, 2.24) is 4.57 Å². The smallest absolute Gasteiger partial charge is 0.337 e. The van der Waals surface area contributed by atoms with Gasteiger partial charge in [-0.25, -0.2) is 14.2 Å². The molecule has 0 unspecified atom stereocenters. The van der Waals surface area contributed by atoms with Crippen LogP contribution in [0.15, 0.2) is 82.2 Å². The topological polar surface area (TPSA) is 88.4 Å². The Bertz CT molecular complexity index is 1880. The van der Waals surface area contributed by atoms with Crippen LogP contribution in [0.2, 0.25) is 0 Å². The minimum atomic E-state index is -0.778. The van der Waals surface area contributed by atoms with Gasteiger partial charge in [0.2, 0.25) is 0 Å². The maximum atomic E-state index is 13.9. The molecule has 43 heavy (non-hydrogen) atoms. The summed E-state index contributed by atoms with van der Waals surface area (Å²) in [6.07, 6.45) is 3.24. The van der Waals surface area contributed by atoms with Crippen LogP contribution >= 0.6 is 33.9 Å². The van der Waals surface area contributed by atoms with Gasteiger partial charge in [0.25, 0.3) is 5.56 Å². The van der Waals surface area contributed by atoms with E-state index >= 15 is 0 Å². The lowest BCUT2D eigenvalue weighted by Crippen LogP contribution is -2.39. The number of nitrogens with zero attached hydrogens (tertiary/aromatic N) is 2. The molecule has 1 atom stereocenters. The van der Waals surface area contributed by atoms with Gasteiger partial charge in [-0.2, -0.15) is 0 Å². The highest BCUT2D eigenvalue weighted by atomic mass is 127. The number of hydrogen-bond donors (Lipinski definition) is 0. The van der Waals surface area contributed by atoms with Crippen molar-refractivity contribution in [3.63, 3.8) is 0 Å². The molecule has 0 N–H and O–H groups in total. The maximum absolute atomic E-state index is 13.9. The third-order valence-electron chi connectivity index (χ3n) is 6.55. The van der Waals surface area contributed by atoms with Gasteiger partial charge in [0, 0.05) is 6.20 Å². The van der Waals surface area contributed by atoms with Crippen LogP contribution in [0.1, 0.15) is 36.6 Å². The molecule has 0 saturated carbocycles. The molecule has 4 aromatic rings. The van der Waals surface area contributed by atoms with Crippen LogP contribution in [-0.4, -0.2) is 30.9 Å². The number of carbonyl (C=O) groups excluding carboxylic acids is 1. The predicted molar refractivity (Wildman–Crippen MR) is 170 cm³/mol. The van der Waals surface area contributed by atoms with E-state index in [-0.39, 0.29) is 23.6 Å². The molecule has 3 aromatic carbocycles. The molecule has 0 fully saturated rings. The number of thiazole rings is 1. The predicted octanol–water partition coefficient (Wildman–Crippen LogP) is 5.14. The first-order valence-corrected chi connectivity index (χ1v) is 15.4. The zero-order chi connectivity index (χ0) is 30.5. The van der Waals surface area contributed by atoms with Crippen molar-refractivity contribution < 1.29 is 28.1 Å². The van der Waals surface area contributed by atoms with Gasteiger partial charge < -0.3 is 18.9 Å². The molecule has 0 amide bonds. The molecular formula is C32H28FIN2O6S. The van der Waals surface area contributed by atoms with E-state index in [0.29, 0.717) is 45.4 Å². The van der Waals surface area contributed by atoms with Gasteiger partial charge in [-0.05, 0) is 95.6 Å². The summed E-state index contributed by atoms with van der Waals surface area (Å²) in [5, 5.41) is 0. The molecule has 0 saturated heterocycles. The highest BCUT2D eigenvalue weighted by molar-refractivity contribution is 14.1. The Morgan fingerprint density at radius 3 is 2.51 bits per heavy atom. The number of benzene rings is 3. The summed E-state index contributed by atoms with van der Waals surface area (Å²) in [6, 6.07) is 16.4. The molecule has 0 aliphatic carbocycles. The Balaban J connectivity index is 1.51. The molecule has 0 radical (unpaired) electrons. The molecule has 11 heteroatoms. The molecule has 5 rings (SSSR count). The van der Waals surface area contributed by atoms with Gasteiger partial charge in [-0.1, -0.05) is 35.6 Å². The van der Waals surface area contributed by atoms with E-state index in [9.17, 15) is 14.0 Å². The summed E-state index contributed by atoms with van der Waals surface area (Å²) in [7, 11) is 1.29. The van der Waals surface area contributed by atoms with Crippen LogP contribution in [0.5, 0.6) is 17.2 Å². The van der Waals surface area contributed by atoms with Gasteiger partial charge in [-0.3, -0.25) is 9.36 Å². The third kappa shape index (κ3) is 6.67. The number of methoxy groups -OCH3 is 1. The summed E-state index contributed by atoms with van der Waals surface area (Å²) in [6.45, 7) is 4.86. The molecule has 0 spiro atoms. The van der Waals surface area contributed by atoms with E-state index in [0.717, 1.165) is 14.7 Å². The van der Waals surface area contributed by atoms with E-state index in [1.807, 2.05) is 38.1 Å². The normalized spacial score (nSPS) is 14.4. The SMILES string of the molecule is CCOc1ccc([C@@H]2C(C(=O)OC)=CN=c3s/c(=C\c4ccc(OCc5cccc(F)c5)c(I)c4)c(=O)n32)cc1OCC. The molecule has 1 aromatic heterocycles. The molecule has 8 nitrogen and oxygen atoms in total. The number of hydrogen-bond acceptors (Lipinski definition) is 8. The number of rotatable bonds is 10. The highest BCUT2D eigenvalue weighted by Crippen LogP contribution is 2.35. The Hall–Kier alpha value is -3.97. The highest BCUT2D eigenvalue weighted by Gasteiger charge is 2.31. The van der Waals surface area contributed by atoms with Crippen LogP contribution in [0.3, 0.4) is 0 Å². The van der Waals surface area contributed by atoms with Crippen LogP contribution in [0.25, 0.3) is 6.08 Å². The van der Waals surface area contributed by atoms with Crippen molar-refractivity contribution in [2.45, 2.75) is 26.5 Å². The Labute approximate surface area is 264 Å². The van der Waals surface area contributed by atoms with Crippen molar-refractivity contribution in [3.8, 4) is 17.2 Å². The fourth-order valence-electron chi connectivity index (χ4n) is 4.65. The van der Waals surface area contributed by atoms with Crippen LogP contribution in [-0.2, 0) is 16.1 Å². The number of carbonyl (C=O) groups is 1. The summed E-state index contributed by atoms with van der Waals surface area (Å²) in [4.78, 5) is 31.6. The van der Waals surface area contributed by atoms with E-state index in [1.54, 1.807) is 30.3 Å². The first-order chi connectivity index (χ1) is 20.8. The average Bonchev–Trinajstić information content (AvgIpc) is 3.31. The van der Waals surface area contributed by atoms with E-state index in [2.05, 4.69) is 27.6 Å². The Morgan fingerprint density at radius 1 is 1.02 bits per heavy atom. The van der Waals surface area contributed by atoms with Crippen LogP contribution in [0, 0.1) is 9.39 Å². The fraction of sp³-hybridized carbons (Fsp3) is 0.219. The van der Waals surface area contributed by atoms with Gasteiger partial charge >= 0.3 is 5.97 Å². The fourth-order valence-corrected chi connectivity index (χ4v) is 6.31. The molecule has 222 valence electrons. The average molecular weight is 715 g/mol. The number of ether oxygens (including phenoxy) is 4. The number of aromatic nitrogens is 1. The van der Waals surface area contributed by atoms with Gasteiger partial charge in [-0.15, -0.1) is 0 Å². The molecule has 0 bridgehead atoms. The van der Waals surface area contributed by atoms with Crippen molar-refractivity contribution in [1.29, 1.82) is 0 Å². The maximum Gasteiger partial charge on any atom is 0.337 e. The van der Waals surface area contributed by atoms with Gasteiger partial charge in [0.15, 0.2) is 16.3 Å². The van der Waals surface area contributed by atoms with Crippen molar-refractivity contribution in [3.05, 3.63) is 118 Å².